The average Bonchev–Trinajstić information content (AvgIpc) is 3.04. The summed E-state index contributed by atoms with van der Waals surface area (Å²) in [5.74, 6) is 1.04. The van der Waals surface area contributed by atoms with Crippen molar-refractivity contribution in [2.75, 3.05) is 6.61 Å². The largest absolute Gasteiger partial charge is 0.493 e. The number of allylic oxidation sites excluding steroid dienone is 1. The molecule has 1 aliphatic rings. The number of ether oxygens (including phenoxy) is 3. The lowest BCUT2D eigenvalue weighted by molar-refractivity contribution is 0.101. The second kappa shape index (κ2) is 8.59. The number of halogens is 2. The molecule has 152 valence electrons. The maximum Gasteiger partial charge on any atom is 0.231 e. The summed E-state index contributed by atoms with van der Waals surface area (Å²) < 4.78 is 31.0. The zero-order chi connectivity index (χ0) is 21.1. The second-order valence-electron chi connectivity index (χ2n) is 6.56. The molecule has 3 aromatic carbocycles. The van der Waals surface area contributed by atoms with E-state index in [0.717, 1.165) is 5.56 Å². The minimum absolute atomic E-state index is 0.0390. The molecule has 0 saturated carbocycles. The summed E-state index contributed by atoms with van der Waals surface area (Å²) in [6, 6.07) is 16.8. The van der Waals surface area contributed by atoms with Gasteiger partial charge in [0.2, 0.25) is 5.78 Å². The smallest absolute Gasteiger partial charge is 0.231 e. The summed E-state index contributed by atoms with van der Waals surface area (Å²) in [6.07, 6.45) is 1.66. The van der Waals surface area contributed by atoms with Gasteiger partial charge in [0.1, 0.15) is 29.7 Å². The van der Waals surface area contributed by atoms with Crippen LogP contribution in [0.15, 0.2) is 66.4 Å². The lowest BCUT2D eigenvalue weighted by Gasteiger charge is -2.09. The van der Waals surface area contributed by atoms with E-state index in [2.05, 4.69) is 0 Å². The number of carbonyl (C=O) groups excluding carboxylic acids is 1. The number of benzene rings is 3. The first-order chi connectivity index (χ1) is 14.6. The zero-order valence-electron chi connectivity index (χ0n) is 16.2. The maximum absolute atomic E-state index is 13.9. The first-order valence-corrected chi connectivity index (χ1v) is 9.80. The number of rotatable bonds is 6. The van der Waals surface area contributed by atoms with E-state index in [9.17, 15) is 9.18 Å². The van der Waals surface area contributed by atoms with Crippen molar-refractivity contribution < 1.29 is 23.4 Å². The number of para-hydroxylation sites is 1. The molecule has 0 aromatic heterocycles. The molecule has 0 fully saturated rings. The lowest BCUT2D eigenvalue weighted by Crippen LogP contribution is -2.00. The highest BCUT2D eigenvalue weighted by Crippen LogP contribution is 2.36. The van der Waals surface area contributed by atoms with Gasteiger partial charge in [0, 0.05) is 17.2 Å². The Labute approximate surface area is 178 Å². The van der Waals surface area contributed by atoms with Crippen LogP contribution in [-0.4, -0.2) is 12.4 Å². The van der Waals surface area contributed by atoms with Gasteiger partial charge < -0.3 is 14.2 Å². The molecule has 0 spiro atoms. The molecule has 0 unspecified atom stereocenters. The number of ketones is 1. The molecule has 0 atom stereocenters. The van der Waals surface area contributed by atoms with Crippen LogP contribution < -0.4 is 14.2 Å². The standard InChI is InChI=1S/C24H18ClFO4/c1-2-28-21-9-4-3-6-15(21)12-23-24(27)17-11-10-16(13-22(17)30-23)29-14-18-19(25)7-5-8-20(18)26/h3-13H,2,14H2,1H3. The Morgan fingerprint density at radius 3 is 2.70 bits per heavy atom. The van der Waals surface area contributed by atoms with Crippen molar-refractivity contribution >= 4 is 23.5 Å². The van der Waals surface area contributed by atoms with Gasteiger partial charge >= 0.3 is 0 Å². The van der Waals surface area contributed by atoms with Crippen molar-refractivity contribution in [1.82, 2.24) is 0 Å². The molecule has 0 aliphatic carbocycles. The van der Waals surface area contributed by atoms with E-state index < -0.39 is 5.82 Å². The molecule has 0 N–H and O–H groups in total. The van der Waals surface area contributed by atoms with Crippen LogP contribution in [-0.2, 0) is 6.61 Å². The summed E-state index contributed by atoms with van der Waals surface area (Å²) in [4.78, 5) is 12.7. The van der Waals surface area contributed by atoms with Crippen LogP contribution in [0.1, 0.15) is 28.4 Å². The van der Waals surface area contributed by atoms with Gasteiger partial charge in [-0.05, 0) is 43.3 Å². The van der Waals surface area contributed by atoms with E-state index in [1.807, 2.05) is 31.2 Å². The van der Waals surface area contributed by atoms with Crippen LogP contribution in [0.5, 0.6) is 17.2 Å². The molecule has 0 bridgehead atoms. The summed E-state index contributed by atoms with van der Waals surface area (Å²) >= 11 is 6.03. The zero-order valence-corrected chi connectivity index (χ0v) is 16.9. The van der Waals surface area contributed by atoms with Gasteiger partial charge in [0.25, 0.3) is 0 Å². The molecular weight excluding hydrogens is 407 g/mol. The van der Waals surface area contributed by atoms with Crippen molar-refractivity contribution in [3.8, 4) is 17.2 Å². The lowest BCUT2D eigenvalue weighted by atomic mass is 10.1. The maximum atomic E-state index is 13.9. The van der Waals surface area contributed by atoms with E-state index in [1.165, 1.54) is 12.1 Å². The van der Waals surface area contributed by atoms with Crippen LogP contribution >= 0.6 is 11.6 Å². The highest BCUT2D eigenvalue weighted by molar-refractivity contribution is 6.31. The summed E-state index contributed by atoms with van der Waals surface area (Å²) in [7, 11) is 0. The molecule has 0 radical (unpaired) electrons. The van der Waals surface area contributed by atoms with Crippen molar-refractivity contribution in [3.63, 3.8) is 0 Å². The number of carbonyl (C=O) groups is 1. The van der Waals surface area contributed by atoms with Gasteiger partial charge in [-0.25, -0.2) is 4.39 Å². The van der Waals surface area contributed by atoms with Gasteiger partial charge in [0.05, 0.1) is 17.2 Å². The van der Waals surface area contributed by atoms with Crippen molar-refractivity contribution in [1.29, 1.82) is 0 Å². The van der Waals surface area contributed by atoms with E-state index in [4.69, 9.17) is 25.8 Å². The highest BCUT2D eigenvalue weighted by atomic mass is 35.5. The molecule has 1 heterocycles. The SMILES string of the molecule is CCOc1ccccc1C=C1Oc2cc(OCc3c(F)cccc3Cl)ccc2C1=O. The fourth-order valence-electron chi connectivity index (χ4n) is 3.11. The van der Waals surface area contributed by atoms with Crippen LogP contribution in [0.25, 0.3) is 6.08 Å². The van der Waals surface area contributed by atoms with Gasteiger partial charge in [-0.2, -0.15) is 0 Å². The summed E-state index contributed by atoms with van der Waals surface area (Å²) in [5, 5.41) is 0.292. The molecule has 30 heavy (non-hydrogen) atoms. The predicted octanol–water partition coefficient (Wildman–Crippen LogP) is 6.07. The molecule has 0 amide bonds. The van der Waals surface area contributed by atoms with Crippen molar-refractivity contribution in [3.05, 3.63) is 94.0 Å². The topological polar surface area (TPSA) is 44.8 Å². The van der Waals surface area contributed by atoms with Gasteiger partial charge in [0.15, 0.2) is 5.76 Å². The predicted molar refractivity (Wildman–Crippen MR) is 113 cm³/mol. The molecule has 1 aliphatic heterocycles. The Hall–Kier alpha value is -3.31. The van der Waals surface area contributed by atoms with Crippen LogP contribution in [0.3, 0.4) is 0 Å². The monoisotopic (exact) mass is 424 g/mol. The van der Waals surface area contributed by atoms with E-state index in [0.29, 0.717) is 34.4 Å². The number of hydrogen-bond acceptors (Lipinski definition) is 4. The number of hydrogen-bond donors (Lipinski definition) is 0. The molecule has 6 heteroatoms. The molecular formula is C24H18ClFO4. The molecule has 4 nitrogen and oxygen atoms in total. The number of fused-ring (bicyclic) bond motifs is 1. The molecule has 0 saturated heterocycles. The van der Waals surface area contributed by atoms with E-state index in [-0.39, 0.29) is 23.7 Å². The van der Waals surface area contributed by atoms with E-state index in [1.54, 1.807) is 30.3 Å². The summed E-state index contributed by atoms with van der Waals surface area (Å²) in [6.45, 7) is 2.37. The average molecular weight is 425 g/mol. The first kappa shape index (κ1) is 20.0. The highest BCUT2D eigenvalue weighted by Gasteiger charge is 2.28. The Morgan fingerprint density at radius 2 is 1.90 bits per heavy atom. The van der Waals surface area contributed by atoms with Crippen LogP contribution in [0.2, 0.25) is 5.02 Å². The first-order valence-electron chi connectivity index (χ1n) is 9.42. The second-order valence-corrected chi connectivity index (χ2v) is 6.96. The molecule has 4 rings (SSSR count). The van der Waals surface area contributed by atoms with Gasteiger partial charge in [-0.1, -0.05) is 35.9 Å². The normalized spacial score (nSPS) is 13.8. The molecule has 3 aromatic rings. The van der Waals surface area contributed by atoms with Crippen molar-refractivity contribution in [2.45, 2.75) is 13.5 Å². The Balaban J connectivity index is 1.54. The van der Waals surface area contributed by atoms with Crippen molar-refractivity contribution in [2.24, 2.45) is 0 Å². The number of Topliss-reactive ketones (excluding diaryl/α,β-unsaturated/α-hetero) is 1. The third-order valence-electron chi connectivity index (χ3n) is 4.59. The van der Waals surface area contributed by atoms with Crippen LogP contribution in [0.4, 0.5) is 4.39 Å². The Bertz CT molecular complexity index is 1120. The minimum Gasteiger partial charge on any atom is -0.493 e. The summed E-state index contributed by atoms with van der Waals surface area (Å²) in [5.41, 5.74) is 1.46. The quantitative estimate of drug-likeness (QED) is 0.450. The fraction of sp³-hybridized carbons (Fsp3) is 0.125. The van der Waals surface area contributed by atoms with E-state index >= 15 is 0 Å². The third kappa shape index (κ3) is 4.02. The van der Waals surface area contributed by atoms with Gasteiger partial charge in [-0.3, -0.25) is 4.79 Å². The van der Waals surface area contributed by atoms with Crippen LogP contribution in [0, 0.1) is 5.82 Å². The Kier molecular flexibility index (Phi) is 5.72. The minimum atomic E-state index is -0.437. The van der Waals surface area contributed by atoms with Gasteiger partial charge in [-0.15, -0.1) is 0 Å². The fourth-order valence-corrected chi connectivity index (χ4v) is 3.33. The Morgan fingerprint density at radius 1 is 1.07 bits per heavy atom. The third-order valence-corrected chi connectivity index (χ3v) is 4.95.